The van der Waals surface area contributed by atoms with Crippen molar-refractivity contribution in [2.45, 2.75) is 76.2 Å². The number of methoxy groups -OCH3 is 1. The van der Waals surface area contributed by atoms with Crippen LogP contribution >= 0.6 is 65.4 Å². The molecule has 0 spiro atoms. The maximum Gasteiger partial charge on any atom is 0.355 e. The van der Waals surface area contributed by atoms with E-state index in [4.69, 9.17) is 83.2 Å². The van der Waals surface area contributed by atoms with Gasteiger partial charge in [0.15, 0.2) is 18.0 Å². The number of alkyl halides is 6. The fourth-order valence-corrected chi connectivity index (χ4v) is 7.13. The third-order valence-corrected chi connectivity index (χ3v) is 11.1. The van der Waals surface area contributed by atoms with Crippen LogP contribution in [0.5, 0.6) is 0 Å². The lowest BCUT2D eigenvalue weighted by molar-refractivity contribution is -0.142. The van der Waals surface area contributed by atoms with E-state index >= 15 is 0 Å². The summed E-state index contributed by atoms with van der Waals surface area (Å²) in [7, 11) is -1.52. The molecular formula is C42H57Cl5F3N6O10P. The molecule has 16 nitrogen and oxygen atoms in total. The fraction of sp³-hybridized carbons (Fsp3) is 0.476. The van der Waals surface area contributed by atoms with Crippen LogP contribution in [0.2, 0.25) is 5.02 Å². The number of rotatable bonds is 21. The van der Waals surface area contributed by atoms with Gasteiger partial charge in [0.2, 0.25) is 5.91 Å². The maximum absolute atomic E-state index is 14.2. The molecule has 0 aliphatic heterocycles. The molecular weight excluding hydrogens is 1010 g/mol. The molecule has 0 saturated heterocycles. The number of aryl methyl sites for hydroxylation is 3. The Balaban J connectivity index is 0.000000927. The van der Waals surface area contributed by atoms with E-state index in [1.807, 2.05) is 18.2 Å². The largest absolute Gasteiger partial charge is 0.480 e. The van der Waals surface area contributed by atoms with E-state index in [9.17, 15) is 41.7 Å². The van der Waals surface area contributed by atoms with Gasteiger partial charge in [-0.05, 0) is 61.9 Å². The van der Waals surface area contributed by atoms with Gasteiger partial charge >= 0.3 is 24.2 Å². The molecule has 1 aromatic heterocycles. The van der Waals surface area contributed by atoms with E-state index in [1.54, 1.807) is 31.1 Å². The van der Waals surface area contributed by atoms with Crippen LogP contribution < -0.4 is 16.3 Å². The second-order valence-corrected chi connectivity index (χ2v) is 18.7. The first kappa shape index (κ1) is 63.1. The molecule has 3 aromatic rings. The van der Waals surface area contributed by atoms with Gasteiger partial charge in [-0.2, -0.15) is 13.5 Å². The highest BCUT2D eigenvalue weighted by molar-refractivity contribution is 7.57. The van der Waals surface area contributed by atoms with Gasteiger partial charge < -0.3 is 30.1 Å². The first-order valence-corrected chi connectivity index (χ1v) is 24.6. The van der Waals surface area contributed by atoms with Gasteiger partial charge in [-0.1, -0.05) is 79.0 Å². The summed E-state index contributed by atoms with van der Waals surface area (Å²) in [6, 6.07) is 7.10. The average molecular weight is 1070 g/mol. The molecule has 376 valence electrons. The van der Waals surface area contributed by atoms with E-state index in [0.29, 0.717) is 17.8 Å². The van der Waals surface area contributed by atoms with E-state index < -0.39 is 53.6 Å². The number of esters is 1. The Labute approximate surface area is 412 Å². The number of halogens is 8. The molecule has 0 aliphatic rings. The summed E-state index contributed by atoms with van der Waals surface area (Å²) in [6.45, 7) is 13.3. The third kappa shape index (κ3) is 21.5. The van der Waals surface area contributed by atoms with E-state index in [-0.39, 0.29) is 76.7 Å². The lowest BCUT2D eigenvalue weighted by Gasteiger charge is -2.26. The van der Waals surface area contributed by atoms with Crippen molar-refractivity contribution in [3.05, 3.63) is 99.5 Å². The van der Waals surface area contributed by atoms with E-state index in [0.717, 1.165) is 41.8 Å². The second kappa shape index (κ2) is 32.0. The first-order valence-electron chi connectivity index (χ1n) is 20.1. The summed E-state index contributed by atoms with van der Waals surface area (Å²) in [5.74, 6) is -3.55. The average Bonchev–Trinajstić information content (AvgIpc) is 3.57. The number of benzene rings is 2. The van der Waals surface area contributed by atoms with Crippen molar-refractivity contribution in [3.63, 3.8) is 0 Å². The summed E-state index contributed by atoms with van der Waals surface area (Å²) in [6.07, 6.45) is 4.85. The van der Waals surface area contributed by atoms with Crippen LogP contribution in [0, 0.1) is 12.7 Å². The SMILES string of the molecule is C=CCN(CC=C)C(=O)C(Cl)Cl.CCOC(=O)C(Cl)Cc1cc(-n2nc(C)n(C(F)F)c2=O)c(F)cc1Cl.CCc1cccc(CC)c1N(COC)C(=O)CCl.CP(=O)(O)CCC(N)C(=O)O. The molecule has 0 saturated carbocycles. The second-order valence-electron chi connectivity index (χ2n) is 13.8. The van der Waals surface area contributed by atoms with Crippen LogP contribution in [0.4, 0.5) is 18.9 Å². The molecule has 0 bridgehead atoms. The Hall–Kier alpha value is -3.91. The number of aromatic nitrogens is 3. The van der Waals surface area contributed by atoms with Crippen LogP contribution in [0.1, 0.15) is 56.3 Å². The summed E-state index contributed by atoms with van der Waals surface area (Å²) in [5.41, 5.74) is 6.97. The monoisotopic (exact) mass is 1070 g/mol. The number of ether oxygens (including phenoxy) is 2. The maximum atomic E-state index is 14.2. The number of carboxylic acids is 1. The minimum Gasteiger partial charge on any atom is -0.480 e. The number of hydrogen-bond acceptors (Lipinski definition) is 10. The smallest absolute Gasteiger partial charge is 0.355 e. The van der Waals surface area contributed by atoms with Crippen LogP contribution in [0.25, 0.3) is 5.69 Å². The van der Waals surface area contributed by atoms with Crippen molar-refractivity contribution in [1.82, 2.24) is 19.2 Å². The Morgan fingerprint density at radius 2 is 1.58 bits per heavy atom. The number of nitrogens with zero attached hydrogens (tertiary/aromatic N) is 5. The zero-order valence-electron chi connectivity index (χ0n) is 37.8. The molecule has 1 heterocycles. The zero-order chi connectivity index (χ0) is 51.8. The lowest BCUT2D eigenvalue weighted by atomic mass is 10.0. The normalized spacial score (nSPS) is 12.4. The number of amides is 2. The number of hydrogen-bond donors (Lipinski definition) is 3. The number of carboxylic acid groups (broad SMARTS) is 1. The first-order chi connectivity index (χ1) is 31.3. The van der Waals surface area contributed by atoms with Crippen molar-refractivity contribution in [2.75, 3.05) is 57.1 Å². The molecule has 0 radical (unpaired) electrons. The van der Waals surface area contributed by atoms with Crippen LogP contribution in [-0.2, 0) is 52.5 Å². The molecule has 3 unspecified atom stereocenters. The summed E-state index contributed by atoms with van der Waals surface area (Å²) < 4.78 is 61.3. The predicted octanol–water partition coefficient (Wildman–Crippen LogP) is 7.91. The number of carbonyl (C=O) groups excluding carboxylic acids is 3. The van der Waals surface area contributed by atoms with Gasteiger partial charge in [0.1, 0.15) is 35.5 Å². The van der Waals surface area contributed by atoms with Gasteiger partial charge in [0.25, 0.3) is 5.91 Å². The van der Waals surface area contributed by atoms with Crippen molar-refractivity contribution >= 4 is 94.8 Å². The molecule has 67 heavy (non-hydrogen) atoms. The highest BCUT2D eigenvalue weighted by Crippen LogP contribution is 2.35. The summed E-state index contributed by atoms with van der Waals surface area (Å²) in [5, 5.41) is 10.8. The quantitative estimate of drug-likeness (QED) is 0.0305. The highest BCUT2D eigenvalue weighted by atomic mass is 35.5. The van der Waals surface area contributed by atoms with Crippen molar-refractivity contribution in [1.29, 1.82) is 0 Å². The minimum atomic E-state index is -3.12. The molecule has 0 aliphatic carbocycles. The highest BCUT2D eigenvalue weighted by Gasteiger charge is 2.25. The number of para-hydroxylation sites is 1. The van der Waals surface area contributed by atoms with Crippen molar-refractivity contribution in [2.24, 2.45) is 5.73 Å². The Morgan fingerprint density at radius 1 is 1.03 bits per heavy atom. The van der Waals surface area contributed by atoms with Gasteiger partial charge in [0, 0.05) is 44.5 Å². The van der Waals surface area contributed by atoms with Crippen LogP contribution in [-0.4, -0.2) is 121 Å². The van der Waals surface area contributed by atoms with E-state index in [1.165, 1.54) is 18.5 Å². The Bertz CT molecular complexity index is 2180. The number of carbonyl (C=O) groups is 4. The fourth-order valence-electron chi connectivity index (χ4n) is 5.50. The molecule has 2 amide bonds. The summed E-state index contributed by atoms with van der Waals surface area (Å²) in [4.78, 5) is 67.8. The topological polar surface area (TPSA) is 217 Å². The number of anilines is 1. The third-order valence-electron chi connectivity index (χ3n) is 8.74. The standard InChI is InChI=1S/C15H14Cl2F3N3O3.C14H20ClNO2.C8H11Cl2NO.C5H12NO4P/c1-3-26-13(24)10(17)4-8-5-12(11(18)6-9(8)16)23-15(25)22(14(19)20)7(2)21-23;1-4-11-7-6-8-12(5-2)14(11)16(10-18-3)13(17)9-15;1-3-5-11(6-4-2)8(12)7(9)10;1-11(9,10)3-2-4(6)5(7)8/h5-6,10,14H,3-4H2,1-2H3;6-8H,4-5,9-10H2,1-3H3;3-4,7H,1-2,5-6H2;4H,2-3,6H2,1H3,(H,7,8)(H,9,10). The predicted molar refractivity (Wildman–Crippen MR) is 257 cm³/mol. The van der Waals surface area contributed by atoms with Gasteiger partial charge in [-0.15, -0.1) is 41.5 Å². The lowest BCUT2D eigenvalue weighted by Crippen LogP contribution is -2.35. The van der Waals surface area contributed by atoms with Crippen molar-refractivity contribution < 1.29 is 56.4 Å². The Morgan fingerprint density at radius 3 is 1.99 bits per heavy atom. The molecule has 25 heteroatoms. The number of aliphatic carboxylic acids is 1. The molecule has 4 N–H and O–H groups in total. The molecule has 2 aromatic carbocycles. The van der Waals surface area contributed by atoms with Gasteiger partial charge in [0.05, 0.1) is 12.3 Å². The van der Waals surface area contributed by atoms with Crippen molar-refractivity contribution in [3.8, 4) is 5.69 Å². The number of nitrogens with two attached hydrogens (primary N) is 1. The van der Waals surface area contributed by atoms with Crippen LogP contribution in [0.15, 0.2) is 60.4 Å². The summed E-state index contributed by atoms with van der Waals surface area (Å²) >= 11 is 28.4. The minimum absolute atomic E-state index is 0.0371. The van der Waals surface area contributed by atoms with Crippen LogP contribution in [0.3, 0.4) is 0 Å². The van der Waals surface area contributed by atoms with E-state index in [2.05, 4.69) is 32.1 Å². The van der Waals surface area contributed by atoms with Gasteiger partial charge in [-0.25, -0.2) is 13.8 Å². The van der Waals surface area contributed by atoms with Gasteiger partial charge in [-0.3, -0.25) is 28.6 Å². The molecule has 3 atom stereocenters. The Kier molecular flexibility index (Phi) is 30.1. The molecule has 3 rings (SSSR count). The zero-order valence-corrected chi connectivity index (χ0v) is 42.5. The molecule has 0 fully saturated rings.